The molecule has 4 heteroatoms. The summed E-state index contributed by atoms with van der Waals surface area (Å²) in [6, 6.07) is 9.86. The molecular formula is C15H20BNO2. The van der Waals surface area contributed by atoms with Gasteiger partial charge in [-0.2, -0.15) is 5.26 Å². The van der Waals surface area contributed by atoms with Gasteiger partial charge in [-0.15, -0.1) is 0 Å². The molecule has 0 saturated carbocycles. The molecule has 1 aromatic carbocycles. The number of hydrogen-bond donors (Lipinski definition) is 0. The highest BCUT2D eigenvalue weighted by atomic mass is 16.6. The van der Waals surface area contributed by atoms with Gasteiger partial charge in [-0.1, -0.05) is 36.9 Å². The molecule has 0 spiro atoms. The van der Waals surface area contributed by atoms with Gasteiger partial charge in [-0.3, -0.25) is 0 Å². The normalized spacial score (nSPS) is 16.8. The first kappa shape index (κ1) is 15.5. The fourth-order valence-corrected chi connectivity index (χ4v) is 1.75. The van der Waals surface area contributed by atoms with E-state index in [1.165, 1.54) is 6.92 Å². The van der Waals surface area contributed by atoms with Crippen LogP contribution in [-0.2, 0) is 9.31 Å². The Kier molecular flexibility index (Phi) is 5.81. The Bertz CT molecular complexity index is 448. The van der Waals surface area contributed by atoms with E-state index < -0.39 is 0 Å². The summed E-state index contributed by atoms with van der Waals surface area (Å²) in [5.74, 6) is 0. The molecule has 1 fully saturated rings. The first-order valence-corrected chi connectivity index (χ1v) is 6.35. The van der Waals surface area contributed by atoms with Crippen LogP contribution in [0.25, 0.3) is 6.08 Å². The summed E-state index contributed by atoms with van der Waals surface area (Å²) in [7, 11) is -0.234. The topological polar surface area (TPSA) is 42.2 Å². The lowest BCUT2D eigenvalue weighted by molar-refractivity contribution is 0.0108. The third-order valence-corrected chi connectivity index (χ3v) is 2.84. The maximum atomic E-state index is 7.32. The predicted octanol–water partition coefficient (Wildman–Crippen LogP) is 2.77. The van der Waals surface area contributed by atoms with Gasteiger partial charge in [0.05, 0.1) is 11.7 Å². The molecule has 1 saturated heterocycles. The maximum Gasteiger partial charge on any atom is 0.494 e. The molecule has 0 radical (unpaired) electrons. The molecule has 0 atom stereocenters. The van der Waals surface area contributed by atoms with Gasteiger partial charge in [0.1, 0.15) is 0 Å². The SMILES string of the molecule is C=Cc1ccc(B2OCCC(C)(C)O2)cc1.CC#N. The highest BCUT2D eigenvalue weighted by Crippen LogP contribution is 2.21. The lowest BCUT2D eigenvalue weighted by Gasteiger charge is -2.34. The summed E-state index contributed by atoms with van der Waals surface area (Å²) in [5.41, 5.74) is 2.08. The van der Waals surface area contributed by atoms with Crippen LogP contribution in [0.2, 0.25) is 0 Å². The van der Waals surface area contributed by atoms with E-state index in [1.54, 1.807) is 6.07 Å². The predicted molar refractivity (Wildman–Crippen MR) is 78.9 cm³/mol. The number of benzene rings is 1. The Hall–Kier alpha value is -1.57. The Morgan fingerprint density at radius 1 is 1.37 bits per heavy atom. The number of nitriles is 1. The fraction of sp³-hybridized carbons (Fsp3) is 0.400. The van der Waals surface area contributed by atoms with Crippen molar-refractivity contribution in [2.45, 2.75) is 32.8 Å². The Balaban J connectivity index is 0.000000550. The monoisotopic (exact) mass is 257 g/mol. The Morgan fingerprint density at radius 2 is 1.95 bits per heavy atom. The molecule has 100 valence electrons. The van der Waals surface area contributed by atoms with Crippen LogP contribution in [0.15, 0.2) is 30.8 Å². The largest absolute Gasteiger partial charge is 0.494 e. The fourth-order valence-electron chi connectivity index (χ4n) is 1.75. The van der Waals surface area contributed by atoms with Gasteiger partial charge in [0.15, 0.2) is 0 Å². The number of hydrogen-bond acceptors (Lipinski definition) is 3. The third-order valence-electron chi connectivity index (χ3n) is 2.84. The average Bonchev–Trinajstić information content (AvgIpc) is 2.39. The van der Waals surface area contributed by atoms with Crippen LogP contribution in [0.1, 0.15) is 32.8 Å². The summed E-state index contributed by atoms with van der Waals surface area (Å²) >= 11 is 0. The van der Waals surface area contributed by atoms with Gasteiger partial charge in [-0.25, -0.2) is 0 Å². The molecule has 1 aliphatic heterocycles. The van der Waals surface area contributed by atoms with E-state index in [0.29, 0.717) is 0 Å². The minimum Gasteiger partial charge on any atom is -0.407 e. The summed E-state index contributed by atoms with van der Waals surface area (Å²) in [4.78, 5) is 0. The van der Waals surface area contributed by atoms with Gasteiger partial charge in [0.2, 0.25) is 0 Å². The molecule has 1 heterocycles. The second kappa shape index (κ2) is 7.13. The Labute approximate surface area is 116 Å². The average molecular weight is 257 g/mol. The van der Waals surface area contributed by atoms with Crippen molar-refractivity contribution in [1.82, 2.24) is 0 Å². The molecule has 19 heavy (non-hydrogen) atoms. The van der Waals surface area contributed by atoms with E-state index in [2.05, 4.69) is 20.4 Å². The molecule has 0 bridgehead atoms. The van der Waals surface area contributed by atoms with Crippen LogP contribution >= 0.6 is 0 Å². The van der Waals surface area contributed by atoms with Crippen molar-refractivity contribution >= 4 is 18.7 Å². The third kappa shape index (κ3) is 4.90. The zero-order valence-corrected chi connectivity index (χ0v) is 11.8. The van der Waals surface area contributed by atoms with Crippen molar-refractivity contribution in [2.24, 2.45) is 0 Å². The van der Waals surface area contributed by atoms with Crippen molar-refractivity contribution in [1.29, 1.82) is 5.26 Å². The molecule has 0 unspecified atom stereocenters. The first-order chi connectivity index (χ1) is 9.02. The molecule has 3 nitrogen and oxygen atoms in total. The minimum absolute atomic E-state index is 0.0972. The maximum absolute atomic E-state index is 7.32. The minimum atomic E-state index is -0.234. The second-order valence-corrected chi connectivity index (χ2v) is 4.92. The van der Waals surface area contributed by atoms with Gasteiger partial charge in [0.25, 0.3) is 0 Å². The number of nitrogens with zero attached hydrogens (tertiary/aromatic N) is 1. The van der Waals surface area contributed by atoms with E-state index in [1.807, 2.05) is 30.3 Å². The van der Waals surface area contributed by atoms with E-state index >= 15 is 0 Å². The van der Waals surface area contributed by atoms with E-state index in [-0.39, 0.29) is 12.7 Å². The molecule has 1 aromatic rings. The molecule has 1 aliphatic rings. The van der Waals surface area contributed by atoms with E-state index in [0.717, 1.165) is 24.1 Å². The molecule has 0 aromatic heterocycles. The van der Waals surface area contributed by atoms with Gasteiger partial charge in [-0.05, 0) is 31.3 Å². The van der Waals surface area contributed by atoms with Crippen LogP contribution in [0, 0.1) is 11.3 Å². The standard InChI is InChI=1S/C13H17BO2.C2H3N/c1-4-11-5-7-12(8-6-11)14-15-10-9-13(2,3)16-14;1-2-3/h4-8H,1,9-10H2,2-3H3;1H3. The van der Waals surface area contributed by atoms with Gasteiger partial charge in [0, 0.05) is 13.5 Å². The summed E-state index contributed by atoms with van der Waals surface area (Å²) in [6.07, 6.45) is 2.77. The number of rotatable bonds is 2. The quantitative estimate of drug-likeness (QED) is 0.765. The highest BCUT2D eigenvalue weighted by molar-refractivity contribution is 6.61. The Morgan fingerprint density at radius 3 is 2.42 bits per heavy atom. The van der Waals surface area contributed by atoms with E-state index in [9.17, 15) is 0 Å². The zero-order valence-electron chi connectivity index (χ0n) is 11.8. The summed E-state index contributed by atoms with van der Waals surface area (Å²) in [6.45, 7) is 10.1. The van der Waals surface area contributed by atoms with Crippen LogP contribution < -0.4 is 5.46 Å². The van der Waals surface area contributed by atoms with Gasteiger partial charge < -0.3 is 9.31 Å². The van der Waals surface area contributed by atoms with Crippen LogP contribution in [-0.4, -0.2) is 19.3 Å². The molecule has 0 amide bonds. The first-order valence-electron chi connectivity index (χ1n) is 6.35. The van der Waals surface area contributed by atoms with Crippen molar-refractivity contribution in [3.63, 3.8) is 0 Å². The van der Waals surface area contributed by atoms with Crippen molar-refractivity contribution < 1.29 is 9.31 Å². The molecular weight excluding hydrogens is 237 g/mol. The molecule has 0 aliphatic carbocycles. The summed E-state index contributed by atoms with van der Waals surface area (Å²) in [5, 5.41) is 7.32. The van der Waals surface area contributed by atoms with Crippen molar-refractivity contribution in [3.8, 4) is 6.07 Å². The zero-order chi connectivity index (χ0) is 14.3. The van der Waals surface area contributed by atoms with Crippen LogP contribution in [0.3, 0.4) is 0 Å². The lowest BCUT2D eigenvalue weighted by atomic mass is 9.76. The molecule has 0 N–H and O–H groups in total. The summed E-state index contributed by atoms with van der Waals surface area (Å²) < 4.78 is 11.5. The highest BCUT2D eigenvalue weighted by Gasteiger charge is 2.34. The van der Waals surface area contributed by atoms with Gasteiger partial charge >= 0.3 is 7.12 Å². The lowest BCUT2D eigenvalue weighted by Crippen LogP contribution is -2.48. The van der Waals surface area contributed by atoms with Crippen molar-refractivity contribution in [3.05, 3.63) is 36.4 Å². The van der Waals surface area contributed by atoms with Crippen molar-refractivity contribution in [2.75, 3.05) is 6.61 Å². The van der Waals surface area contributed by atoms with Crippen LogP contribution in [0.5, 0.6) is 0 Å². The molecule has 2 rings (SSSR count). The van der Waals surface area contributed by atoms with E-state index in [4.69, 9.17) is 14.6 Å². The second-order valence-electron chi connectivity index (χ2n) is 4.92. The van der Waals surface area contributed by atoms with Crippen LogP contribution in [0.4, 0.5) is 0 Å². The smallest absolute Gasteiger partial charge is 0.407 e.